The molecular formula is C39H41N3O6. The van der Waals surface area contributed by atoms with Gasteiger partial charge in [-0.2, -0.15) is 0 Å². The predicted molar refractivity (Wildman–Crippen MR) is 188 cm³/mol. The number of likely N-dealkylation sites (N-methyl/N-ethyl adjacent to an activating group) is 1. The van der Waals surface area contributed by atoms with E-state index in [4.69, 9.17) is 9.47 Å². The first-order valence-corrected chi connectivity index (χ1v) is 16.1. The summed E-state index contributed by atoms with van der Waals surface area (Å²) in [6, 6.07) is 27.5. The lowest BCUT2D eigenvalue weighted by Crippen LogP contribution is -2.28. The molecule has 2 amide bonds. The van der Waals surface area contributed by atoms with Crippen molar-refractivity contribution in [2.45, 2.75) is 38.8 Å². The third kappa shape index (κ3) is 7.41. The largest absolute Gasteiger partial charge is 0.364 e. The Balaban J connectivity index is 1.42. The SMILES string of the molecule is CN1CCOC(O)c2cc(cc3ccccc23)NC(=O)c2cc(cc(C(C)(C)C)c2)C(=O)Nc2cc(c3ccccc3c2)C(O)OCC1. The molecule has 4 N–H and O–H groups in total. The number of aliphatic hydroxyl groups is 2. The Morgan fingerprint density at radius 2 is 1.10 bits per heavy atom. The van der Waals surface area contributed by atoms with Crippen molar-refractivity contribution in [1.82, 2.24) is 4.90 Å². The van der Waals surface area contributed by atoms with Gasteiger partial charge >= 0.3 is 0 Å². The number of nitrogens with zero attached hydrogens (tertiary/aromatic N) is 1. The molecule has 1 aliphatic heterocycles. The third-order valence-corrected chi connectivity index (χ3v) is 8.66. The van der Waals surface area contributed by atoms with Gasteiger partial charge in [0, 0.05) is 46.7 Å². The molecule has 0 saturated heterocycles. The number of carbonyl (C=O) groups is 2. The maximum absolute atomic E-state index is 13.8. The maximum atomic E-state index is 13.8. The smallest absolute Gasteiger partial charge is 0.255 e. The molecule has 0 aliphatic carbocycles. The molecule has 0 spiro atoms. The van der Waals surface area contributed by atoms with Crippen LogP contribution in [0.15, 0.2) is 91.0 Å². The molecule has 6 bridgehead atoms. The quantitative estimate of drug-likeness (QED) is 0.147. The molecule has 0 saturated carbocycles. The number of aliphatic hydroxyl groups excluding tert-OH is 2. The molecule has 248 valence electrons. The summed E-state index contributed by atoms with van der Waals surface area (Å²) in [4.78, 5) is 29.6. The van der Waals surface area contributed by atoms with Gasteiger partial charge in [-0.25, -0.2) is 0 Å². The highest BCUT2D eigenvalue weighted by Gasteiger charge is 2.22. The van der Waals surface area contributed by atoms with Crippen molar-refractivity contribution in [2.24, 2.45) is 0 Å². The molecule has 0 fully saturated rings. The van der Waals surface area contributed by atoms with Crippen LogP contribution in [0.25, 0.3) is 21.5 Å². The number of nitrogens with one attached hydrogen (secondary N) is 2. The van der Waals surface area contributed by atoms with Gasteiger partial charge < -0.3 is 35.2 Å². The van der Waals surface area contributed by atoms with Crippen molar-refractivity contribution in [1.29, 1.82) is 0 Å². The van der Waals surface area contributed by atoms with Crippen LogP contribution in [-0.2, 0) is 14.9 Å². The molecule has 9 heteroatoms. The normalized spacial score (nSPS) is 18.9. The van der Waals surface area contributed by atoms with E-state index in [-0.39, 0.29) is 18.6 Å². The van der Waals surface area contributed by atoms with Crippen molar-refractivity contribution < 1.29 is 29.3 Å². The zero-order chi connectivity index (χ0) is 34.0. The van der Waals surface area contributed by atoms with Gasteiger partial charge in [0.05, 0.1) is 13.2 Å². The zero-order valence-electron chi connectivity index (χ0n) is 27.6. The van der Waals surface area contributed by atoms with Crippen molar-refractivity contribution in [3.8, 4) is 0 Å². The predicted octanol–water partition coefficient (Wildman–Crippen LogP) is 6.76. The Hall–Kier alpha value is -4.64. The molecule has 2 atom stereocenters. The summed E-state index contributed by atoms with van der Waals surface area (Å²) in [5, 5.41) is 31.5. The van der Waals surface area contributed by atoms with E-state index in [1.165, 1.54) is 0 Å². The van der Waals surface area contributed by atoms with Crippen LogP contribution in [0.2, 0.25) is 0 Å². The Morgan fingerprint density at radius 3 is 1.54 bits per heavy atom. The fraction of sp³-hybridized carbons (Fsp3) is 0.282. The van der Waals surface area contributed by atoms with Crippen molar-refractivity contribution in [3.05, 3.63) is 119 Å². The van der Waals surface area contributed by atoms with E-state index in [0.717, 1.165) is 27.1 Å². The van der Waals surface area contributed by atoms with Gasteiger partial charge in [0.1, 0.15) is 0 Å². The summed E-state index contributed by atoms with van der Waals surface area (Å²) < 4.78 is 11.7. The fourth-order valence-corrected chi connectivity index (χ4v) is 5.89. The first kappa shape index (κ1) is 33.3. The number of benzene rings is 5. The Morgan fingerprint density at radius 1 is 0.667 bits per heavy atom. The molecule has 0 aromatic heterocycles. The van der Waals surface area contributed by atoms with E-state index in [0.29, 0.717) is 46.7 Å². The monoisotopic (exact) mass is 647 g/mol. The Kier molecular flexibility index (Phi) is 9.59. The first-order chi connectivity index (χ1) is 23.0. The number of carbonyl (C=O) groups excluding carboxylic acids is 2. The van der Waals surface area contributed by atoms with Crippen LogP contribution in [0.5, 0.6) is 0 Å². The second-order valence-corrected chi connectivity index (χ2v) is 13.3. The average Bonchev–Trinajstić information content (AvgIpc) is 3.06. The molecule has 6 rings (SSSR count). The summed E-state index contributed by atoms with van der Waals surface area (Å²) in [6.07, 6.45) is -2.48. The van der Waals surface area contributed by atoms with Gasteiger partial charge in [0.15, 0.2) is 12.6 Å². The topological polar surface area (TPSA) is 120 Å². The second-order valence-electron chi connectivity index (χ2n) is 13.3. The number of ether oxygens (including phenoxy) is 2. The van der Waals surface area contributed by atoms with Crippen LogP contribution < -0.4 is 10.6 Å². The molecule has 1 aliphatic rings. The standard InChI is InChI=1S/C39H41N3O6/c1-39(2,3)28-18-26-17-27(19-28)36(44)41-30-21-25-10-6-8-12-32(25)34(23-30)38(46)48-16-14-42(4)13-15-47-37(45)33-22-29(40-35(26)43)20-24-9-5-7-11-31(24)33/h5-12,17-23,37-38,45-46H,13-16H2,1-4H3,(H,40,43)(H,41,44). The van der Waals surface area contributed by atoms with Gasteiger partial charge in [-0.1, -0.05) is 69.3 Å². The maximum Gasteiger partial charge on any atom is 0.255 e. The average molecular weight is 648 g/mol. The van der Waals surface area contributed by atoms with Crippen LogP contribution in [-0.4, -0.2) is 60.3 Å². The molecular weight excluding hydrogens is 606 g/mol. The summed E-state index contributed by atoms with van der Waals surface area (Å²) in [7, 11) is 1.90. The molecule has 48 heavy (non-hydrogen) atoms. The third-order valence-electron chi connectivity index (χ3n) is 8.66. The molecule has 2 unspecified atom stereocenters. The minimum Gasteiger partial charge on any atom is -0.364 e. The van der Waals surface area contributed by atoms with Gasteiger partial charge in [-0.05, 0) is 82.0 Å². The number of hydrogen-bond acceptors (Lipinski definition) is 7. The lowest BCUT2D eigenvalue weighted by molar-refractivity contribution is -0.113. The number of fused-ring (bicyclic) bond motifs is 10. The van der Waals surface area contributed by atoms with Crippen LogP contribution in [0.1, 0.15) is 70.8 Å². The molecule has 5 aromatic rings. The zero-order valence-corrected chi connectivity index (χ0v) is 27.6. The summed E-state index contributed by atoms with van der Waals surface area (Å²) in [6.45, 7) is 7.54. The van der Waals surface area contributed by atoms with Crippen molar-refractivity contribution in [3.63, 3.8) is 0 Å². The highest BCUT2D eigenvalue weighted by Crippen LogP contribution is 2.32. The van der Waals surface area contributed by atoms with E-state index in [9.17, 15) is 19.8 Å². The molecule has 9 nitrogen and oxygen atoms in total. The summed E-state index contributed by atoms with van der Waals surface area (Å²) in [5.41, 5.74) is 3.10. The number of hydrogen-bond donors (Lipinski definition) is 4. The van der Waals surface area contributed by atoms with Crippen LogP contribution >= 0.6 is 0 Å². The lowest BCUT2D eigenvalue weighted by Gasteiger charge is -2.22. The summed E-state index contributed by atoms with van der Waals surface area (Å²) in [5.74, 6) is -0.798. The van der Waals surface area contributed by atoms with Gasteiger partial charge in [-0.3, -0.25) is 9.59 Å². The van der Waals surface area contributed by atoms with Crippen LogP contribution in [0.4, 0.5) is 11.4 Å². The highest BCUT2D eigenvalue weighted by molar-refractivity contribution is 6.10. The first-order valence-electron chi connectivity index (χ1n) is 16.1. The van der Waals surface area contributed by atoms with Gasteiger partial charge in [-0.15, -0.1) is 0 Å². The van der Waals surface area contributed by atoms with Gasteiger partial charge in [0.2, 0.25) is 0 Å². The fourth-order valence-electron chi connectivity index (χ4n) is 5.89. The Labute approximate surface area is 280 Å². The van der Waals surface area contributed by atoms with E-state index < -0.39 is 24.4 Å². The molecule has 1 heterocycles. The minimum atomic E-state index is -1.24. The minimum absolute atomic E-state index is 0.236. The van der Waals surface area contributed by atoms with Crippen molar-refractivity contribution in [2.75, 3.05) is 44.0 Å². The molecule has 5 aromatic carbocycles. The number of amides is 2. The second kappa shape index (κ2) is 13.8. The number of anilines is 2. The number of rotatable bonds is 0. The van der Waals surface area contributed by atoms with E-state index in [1.807, 2.05) is 93.4 Å². The Bertz CT molecular complexity index is 1850. The van der Waals surface area contributed by atoms with E-state index in [2.05, 4.69) is 10.6 Å². The van der Waals surface area contributed by atoms with E-state index in [1.54, 1.807) is 30.3 Å². The lowest BCUT2D eigenvalue weighted by atomic mass is 9.84. The van der Waals surface area contributed by atoms with Crippen LogP contribution in [0, 0.1) is 0 Å². The highest BCUT2D eigenvalue weighted by atomic mass is 16.6. The van der Waals surface area contributed by atoms with E-state index >= 15 is 0 Å². The summed E-state index contributed by atoms with van der Waals surface area (Å²) >= 11 is 0. The van der Waals surface area contributed by atoms with Crippen molar-refractivity contribution >= 4 is 44.7 Å². The van der Waals surface area contributed by atoms with Crippen LogP contribution in [0.3, 0.4) is 0 Å². The van der Waals surface area contributed by atoms with Gasteiger partial charge in [0.25, 0.3) is 11.8 Å². The molecule has 0 radical (unpaired) electrons.